The van der Waals surface area contributed by atoms with Gasteiger partial charge >= 0.3 is 0 Å². The van der Waals surface area contributed by atoms with Crippen molar-refractivity contribution in [3.63, 3.8) is 0 Å². The van der Waals surface area contributed by atoms with Gasteiger partial charge in [-0.1, -0.05) is 13.3 Å². The standard InChI is InChI=1S/C23H29N3O2S/c1-3-18-7-4-5-11-26(18)12-6-10-24-22(27)21-14-17-13-16-8-9-19(28-2)15-20(16)25-23(17)29-21/h8-9,13-15,18H,3-7,10-12H2,1-2H3,(H,24,27)/t18-/m1/s1. The Morgan fingerprint density at radius 2 is 2.17 bits per heavy atom. The molecule has 1 saturated heterocycles. The van der Waals surface area contributed by atoms with Gasteiger partial charge in [0, 0.05) is 36.0 Å². The first kappa shape index (κ1) is 20.1. The molecule has 1 atom stereocenters. The van der Waals surface area contributed by atoms with Gasteiger partial charge in [-0.05, 0) is 56.5 Å². The second kappa shape index (κ2) is 9.09. The summed E-state index contributed by atoms with van der Waals surface area (Å²) < 4.78 is 5.29. The van der Waals surface area contributed by atoms with Gasteiger partial charge in [0.25, 0.3) is 5.91 Å². The highest BCUT2D eigenvalue weighted by Crippen LogP contribution is 2.29. The number of thiophene rings is 1. The maximum absolute atomic E-state index is 12.6. The molecule has 0 bridgehead atoms. The van der Waals surface area contributed by atoms with Crippen molar-refractivity contribution in [2.75, 3.05) is 26.7 Å². The zero-order valence-corrected chi connectivity index (χ0v) is 18.1. The first-order chi connectivity index (χ1) is 14.2. The van der Waals surface area contributed by atoms with Gasteiger partial charge in [-0.25, -0.2) is 4.98 Å². The molecule has 1 N–H and O–H groups in total. The summed E-state index contributed by atoms with van der Waals surface area (Å²) in [5.41, 5.74) is 0.887. The third-order valence-electron chi connectivity index (χ3n) is 5.86. The minimum atomic E-state index is 0.000298. The Labute approximate surface area is 176 Å². The number of carbonyl (C=O) groups is 1. The van der Waals surface area contributed by atoms with Gasteiger partial charge in [0.05, 0.1) is 17.5 Å². The lowest BCUT2D eigenvalue weighted by Gasteiger charge is -2.35. The zero-order valence-electron chi connectivity index (χ0n) is 17.2. The Morgan fingerprint density at radius 1 is 1.28 bits per heavy atom. The van der Waals surface area contributed by atoms with Crippen LogP contribution in [0.3, 0.4) is 0 Å². The number of pyridine rings is 1. The van der Waals surface area contributed by atoms with E-state index in [1.165, 1.54) is 43.6 Å². The Morgan fingerprint density at radius 3 is 3.00 bits per heavy atom. The number of likely N-dealkylation sites (tertiary alicyclic amines) is 1. The number of piperidine rings is 1. The van der Waals surface area contributed by atoms with E-state index in [1.807, 2.05) is 24.3 Å². The van der Waals surface area contributed by atoms with Crippen molar-refractivity contribution in [2.45, 2.75) is 45.1 Å². The molecule has 3 heterocycles. The third kappa shape index (κ3) is 4.54. The highest BCUT2D eigenvalue weighted by atomic mass is 32.1. The summed E-state index contributed by atoms with van der Waals surface area (Å²) >= 11 is 1.45. The molecule has 154 valence electrons. The van der Waals surface area contributed by atoms with Crippen LogP contribution in [-0.4, -0.2) is 48.6 Å². The second-order valence-electron chi connectivity index (χ2n) is 7.76. The summed E-state index contributed by atoms with van der Waals surface area (Å²) in [4.78, 5) is 21.5. The Balaban J connectivity index is 1.37. The number of hydrogen-bond donors (Lipinski definition) is 1. The van der Waals surface area contributed by atoms with Gasteiger partial charge in [0.15, 0.2) is 0 Å². The van der Waals surface area contributed by atoms with Crippen LogP contribution in [0.15, 0.2) is 30.3 Å². The Kier molecular flexibility index (Phi) is 6.31. The molecule has 1 aromatic carbocycles. The van der Waals surface area contributed by atoms with E-state index in [-0.39, 0.29) is 5.91 Å². The van der Waals surface area contributed by atoms with Gasteiger partial charge < -0.3 is 15.0 Å². The summed E-state index contributed by atoms with van der Waals surface area (Å²) in [6, 6.07) is 10.6. The van der Waals surface area contributed by atoms with E-state index in [4.69, 9.17) is 9.72 Å². The molecule has 1 fully saturated rings. The van der Waals surface area contributed by atoms with Crippen LogP contribution < -0.4 is 10.1 Å². The maximum Gasteiger partial charge on any atom is 0.261 e. The van der Waals surface area contributed by atoms with Crippen LogP contribution in [0.2, 0.25) is 0 Å². The molecule has 0 radical (unpaired) electrons. The van der Waals surface area contributed by atoms with Crippen molar-refractivity contribution in [1.82, 2.24) is 15.2 Å². The van der Waals surface area contributed by atoms with Gasteiger partial charge in [0.1, 0.15) is 10.6 Å². The molecule has 0 unspecified atom stereocenters. The quantitative estimate of drug-likeness (QED) is 0.565. The van der Waals surface area contributed by atoms with Gasteiger partial charge in [-0.2, -0.15) is 0 Å². The first-order valence-corrected chi connectivity index (χ1v) is 11.4. The molecule has 29 heavy (non-hydrogen) atoms. The SMILES string of the molecule is CC[C@@H]1CCCCN1CCCNC(=O)c1cc2cc3ccc(OC)cc3nc2s1. The lowest BCUT2D eigenvalue weighted by atomic mass is 10.00. The van der Waals surface area contributed by atoms with Gasteiger partial charge in [0.2, 0.25) is 0 Å². The summed E-state index contributed by atoms with van der Waals surface area (Å²) in [5.74, 6) is 0.790. The van der Waals surface area contributed by atoms with Crippen molar-refractivity contribution in [2.24, 2.45) is 0 Å². The minimum Gasteiger partial charge on any atom is -0.497 e. The summed E-state index contributed by atoms with van der Waals surface area (Å²) in [6.45, 7) is 5.26. The number of rotatable bonds is 7. The number of methoxy groups -OCH3 is 1. The molecule has 6 heteroatoms. The number of amides is 1. The number of fused-ring (bicyclic) bond motifs is 2. The Bertz CT molecular complexity index is 1000. The second-order valence-corrected chi connectivity index (χ2v) is 8.79. The topological polar surface area (TPSA) is 54.5 Å². The van der Waals surface area contributed by atoms with E-state index in [2.05, 4.69) is 23.2 Å². The van der Waals surface area contributed by atoms with Crippen molar-refractivity contribution < 1.29 is 9.53 Å². The molecule has 4 rings (SSSR count). The largest absolute Gasteiger partial charge is 0.497 e. The molecule has 1 amide bonds. The minimum absolute atomic E-state index is 0.000298. The fourth-order valence-electron chi connectivity index (χ4n) is 4.23. The highest BCUT2D eigenvalue weighted by molar-refractivity contribution is 7.20. The maximum atomic E-state index is 12.6. The number of nitrogens with one attached hydrogen (secondary N) is 1. The van der Waals surface area contributed by atoms with E-state index >= 15 is 0 Å². The molecule has 0 saturated carbocycles. The predicted molar refractivity (Wildman–Crippen MR) is 120 cm³/mol. The molecule has 2 aromatic heterocycles. The summed E-state index contributed by atoms with van der Waals surface area (Å²) in [7, 11) is 1.65. The lowest BCUT2D eigenvalue weighted by Crippen LogP contribution is -2.40. The Hall–Kier alpha value is -2.18. The van der Waals surface area contributed by atoms with E-state index in [9.17, 15) is 4.79 Å². The van der Waals surface area contributed by atoms with Crippen LogP contribution in [-0.2, 0) is 0 Å². The number of benzene rings is 1. The third-order valence-corrected chi connectivity index (χ3v) is 6.91. The normalized spacial score (nSPS) is 17.7. The molecule has 0 spiro atoms. The molecule has 1 aliphatic rings. The summed E-state index contributed by atoms with van der Waals surface area (Å²) in [6.07, 6.45) is 6.19. The van der Waals surface area contributed by atoms with Crippen LogP contribution in [0.4, 0.5) is 0 Å². The average molecular weight is 412 g/mol. The molecule has 3 aromatic rings. The van der Waals surface area contributed by atoms with Crippen LogP contribution in [0.25, 0.3) is 21.1 Å². The van der Waals surface area contributed by atoms with E-state index in [1.54, 1.807) is 7.11 Å². The molecule has 0 aliphatic carbocycles. The highest BCUT2D eigenvalue weighted by Gasteiger charge is 2.20. The fourth-order valence-corrected chi connectivity index (χ4v) is 5.17. The van der Waals surface area contributed by atoms with Crippen molar-refractivity contribution in [3.05, 3.63) is 35.2 Å². The molecular formula is C23H29N3O2S. The summed E-state index contributed by atoms with van der Waals surface area (Å²) in [5, 5.41) is 5.15. The van der Waals surface area contributed by atoms with E-state index in [0.717, 1.165) is 50.8 Å². The van der Waals surface area contributed by atoms with E-state index < -0.39 is 0 Å². The van der Waals surface area contributed by atoms with E-state index in [0.29, 0.717) is 6.54 Å². The number of carbonyl (C=O) groups excluding carboxylic acids is 1. The number of ether oxygens (including phenoxy) is 1. The first-order valence-electron chi connectivity index (χ1n) is 10.6. The number of nitrogens with zero attached hydrogens (tertiary/aromatic N) is 2. The zero-order chi connectivity index (χ0) is 20.2. The van der Waals surface area contributed by atoms with Crippen molar-refractivity contribution in [3.8, 4) is 5.75 Å². The van der Waals surface area contributed by atoms with Crippen LogP contribution in [0.1, 0.15) is 48.7 Å². The van der Waals surface area contributed by atoms with Crippen LogP contribution in [0, 0.1) is 0 Å². The lowest BCUT2D eigenvalue weighted by molar-refractivity contribution is 0.0951. The number of hydrogen-bond acceptors (Lipinski definition) is 5. The molecule has 5 nitrogen and oxygen atoms in total. The fraction of sp³-hybridized carbons (Fsp3) is 0.478. The number of aromatic nitrogens is 1. The van der Waals surface area contributed by atoms with Crippen molar-refractivity contribution >= 4 is 38.4 Å². The predicted octanol–water partition coefficient (Wildman–Crippen LogP) is 4.84. The van der Waals surface area contributed by atoms with Crippen LogP contribution in [0.5, 0.6) is 5.75 Å². The van der Waals surface area contributed by atoms with Crippen molar-refractivity contribution in [1.29, 1.82) is 0 Å². The molecular weight excluding hydrogens is 382 g/mol. The molecule has 1 aliphatic heterocycles. The average Bonchev–Trinajstić information content (AvgIpc) is 3.17. The monoisotopic (exact) mass is 411 g/mol. The van der Waals surface area contributed by atoms with Gasteiger partial charge in [-0.15, -0.1) is 11.3 Å². The van der Waals surface area contributed by atoms with Crippen LogP contribution >= 0.6 is 11.3 Å². The smallest absolute Gasteiger partial charge is 0.261 e. The van der Waals surface area contributed by atoms with Gasteiger partial charge in [-0.3, -0.25) is 4.79 Å².